The molecule has 0 fully saturated rings. The van der Waals surface area contributed by atoms with E-state index in [9.17, 15) is 9.59 Å². The molecular weight excluding hydrogens is 314 g/mol. The molecule has 1 aromatic rings. The van der Waals surface area contributed by atoms with Gasteiger partial charge in [0.15, 0.2) is 5.78 Å². The number of hydrogen-bond donors (Lipinski definition) is 2. The number of hydrogen-bond acceptors (Lipinski definition) is 3. The Kier molecular flexibility index (Phi) is 10.8. The van der Waals surface area contributed by atoms with Crippen LogP contribution in [-0.4, -0.2) is 22.9 Å². The Morgan fingerprint density at radius 2 is 1.44 bits per heavy atom. The number of rotatable bonds is 14. The number of ketones is 1. The molecule has 4 nitrogen and oxygen atoms in total. The first-order valence-corrected chi connectivity index (χ1v) is 9.65. The minimum atomic E-state index is -1.01. The van der Waals surface area contributed by atoms with Gasteiger partial charge < -0.3 is 10.8 Å². The smallest absolute Gasteiger partial charge is 0.320 e. The first kappa shape index (κ1) is 21.4. The van der Waals surface area contributed by atoms with Gasteiger partial charge >= 0.3 is 5.97 Å². The molecule has 1 aromatic carbocycles. The number of carbonyl (C=O) groups is 2. The molecule has 0 heterocycles. The third-order valence-corrected chi connectivity index (χ3v) is 4.56. The van der Waals surface area contributed by atoms with E-state index in [0.717, 1.165) is 18.4 Å². The lowest BCUT2D eigenvalue weighted by molar-refractivity contribution is -0.138. The summed E-state index contributed by atoms with van der Waals surface area (Å²) in [5, 5.41) is 8.82. The predicted octanol–water partition coefficient (Wildman–Crippen LogP) is 4.74. The van der Waals surface area contributed by atoms with Crippen molar-refractivity contribution in [3.05, 3.63) is 35.4 Å². The van der Waals surface area contributed by atoms with E-state index in [2.05, 4.69) is 6.92 Å². The quantitative estimate of drug-likeness (QED) is 0.376. The zero-order valence-electron chi connectivity index (χ0n) is 15.5. The average Bonchev–Trinajstić information content (AvgIpc) is 2.60. The molecule has 0 saturated carbocycles. The van der Waals surface area contributed by atoms with Crippen LogP contribution in [0.2, 0.25) is 0 Å². The molecule has 0 bridgehead atoms. The van der Waals surface area contributed by atoms with Crippen molar-refractivity contribution >= 4 is 11.8 Å². The second-order valence-electron chi connectivity index (χ2n) is 6.85. The van der Waals surface area contributed by atoms with Crippen LogP contribution in [0.1, 0.15) is 87.1 Å². The summed E-state index contributed by atoms with van der Waals surface area (Å²) in [4.78, 5) is 22.9. The minimum Gasteiger partial charge on any atom is -0.480 e. The second kappa shape index (κ2) is 12.6. The van der Waals surface area contributed by atoms with Gasteiger partial charge in [-0.05, 0) is 18.4 Å². The predicted molar refractivity (Wildman–Crippen MR) is 102 cm³/mol. The molecule has 0 aliphatic heterocycles. The fourth-order valence-electron chi connectivity index (χ4n) is 2.91. The summed E-state index contributed by atoms with van der Waals surface area (Å²) in [6.45, 7) is 2.23. The first-order valence-electron chi connectivity index (χ1n) is 9.65. The molecular formula is C21H33NO3. The van der Waals surface area contributed by atoms with Crippen LogP contribution in [0.4, 0.5) is 0 Å². The van der Waals surface area contributed by atoms with Gasteiger partial charge in [-0.2, -0.15) is 0 Å². The summed E-state index contributed by atoms with van der Waals surface area (Å²) in [6, 6.07) is 6.25. The number of carbonyl (C=O) groups excluding carboxylic acids is 1. The molecule has 0 unspecified atom stereocenters. The van der Waals surface area contributed by atoms with Gasteiger partial charge in [0, 0.05) is 12.0 Å². The van der Waals surface area contributed by atoms with Crippen LogP contribution in [0, 0.1) is 0 Å². The van der Waals surface area contributed by atoms with E-state index < -0.39 is 12.0 Å². The zero-order chi connectivity index (χ0) is 18.5. The highest BCUT2D eigenvalue weighted by molar-refractivity contribution is 5.96. The standard InChI is InChI=1S/C21H33NO3/c1-2-3-4-5-6-7-8-9-10-11-20(23)18-14-12-17(13-15-18)16-19(22)21(24)25/h12-15,19H,2-11,16,22H2,1H3,(H,24,25)/t19-/m0/s1. The van der Waals surface area contributed by atoms with Gasteiger partial charge in [0.25, 0.3) is 0 Å². The maximum Gasteiger partial charge on any atom is 0.320 e. The summed E-state index contributed by atoms with van der Waals surface area (Å²) in [7, 11) is 0. The van der Waals surface area contributed by atoms with Gasteiger partial charge in [-0.3, -0.25) is 9.59 Å². The monoisotopic (exact) mass is 347 g/mol. The summed E-state index contributed by atoms with van der Waals surface area (Å²) < 4.78 is 0. The summed E-state index contributed by atoms with van der Waals surface area (Å²) in [5.41, 5.74) is 7.06. The fraction of sp³-hybridized carbons (Fsp3) is 0.619. The topological polar surface area (TPSA) is 80.4 Å². The Bertz CT molecular complexity index is 510. The Labute approximate surface area is 151 Å². The molecule has 0 radical (unpaired) electrons. The van der Waals surface area contributed by atoms with E-state index in [1.165, 1.54) is 44.9 Å². The maximum atomic E-state index is 12.2. The van der Waals surface area contributed by atoms with E-state index in [4.69, 9.17) is 10.8 Å². The van der Waals surface area contributed by atoms with Crippen molar-refractivity contribution in [1.82, 2.24) is 0 Å². The number of Topliss-reactive ketones (excluding diaryl/α,β-unsaturated/α-hetero) is 1. The van der Waals surface area contributed by atoms with E-state index >= 15 is 0 Å². The second-order valence-corrected chi connectivity index (χ2v) is 6.85. The number of carboxylic acids is 1. The first-order chi connectivity index (χ1) is 12.0. The zero-order valence-corrected chi connectivity index (χ0v) is 15.5. The van der Waals surface area contributed by atoms with Gasteiger partial charge in [0.05, 0.1) is 0 Å². The Morgan fingerprint density at radius 3 is 1.96 bits per heavy atom. The number of benzene rings is 1. The van der Waals surface area contributed by atoms with Gasteiger partial charge in [-0.25, -0.2) is 0 Å². The van der Waals surface area contributed by atoms with Crippen LogP contribution in [0.15, 0.2) is 24.3 Å². The van der Waals surface area contributed by atoms with Crippen LogP contribution >= 0.6 is 0 Å². The minimum absolute atomic E-state index is 0.164. The molecule has 0 saturated heterocycles. The molecule has 3 N–H and O–H groups in total. The summed E-state index contributed by atoms with van der Waals surface area (Å²) in [5.74, 6) is -0.845. The van der Waals surface area contributed by atoms with Crippen LogP contribution in [-0.2, 0) is 11.2 Å². The van der Waals surface area contributed by atoms with Crippen molar-refractivity contribution in [3.63, 3.8) is 0 Å². The molecule has 0 aliphatic rings. The molecule has 0 spiro atoms. The average molecular weight is 347 g/mol. The van der Waals surface area contributed by atoms with Crippen molar-refractivity contribution in [2.45, 2.75) is 83.6 Å². The normalized spacial score (nSPS) is 12.1. The van der Waals surface area contributed by atoms with Gasteiger partial charge in [-0.1, -0.05) is 82.6 Å². The molecule has 25 heavy (non-hydrogen) atoms. The fourth-order valence-corrected chi connectivity index (χ4v) is 2.91. The van der Waals surface area contributed by atoms with Crippen LogP contribution in [0.25, 0.3) is 0 Å². The lowest BCUT2D eigenvalue weighted by Crippen LogP contribution is -2.32. The van der Waals surface area contributed by atoms with Crippen molar-refractivity contribution in [1.29, 1.82) is 0 Å². The number of nitrogens with two attached hydrogens (primary N) is 1. The van der Waals surface area contributed by atoms with Crippen LogP contribution < -0.4 is 5.73 Å². The van der Waals surface area contributed by atoms with E-state index in [0.29, 0.717) is 12.0 Å². The van der Waals surface area contributed by atoms with Crippen LogP contribution in [0.5, 0.6) is 0 Å². The van der Waals surface area contributed by atoms with Crippen molar-refractivity contribution < 1.29 is 14.7 Å². The molecule has 4 heteroatoms. The van der Waals surface area contributed by atoms with Crippen LogP contribution in [0.3, 0.4) is 0 Å². The van der Waals surface area contributed by atoms with Gasteiger partial charge in [0.2, 0.25) is 0 Å². The lowest BCUT2D eigenvalue weighted by atomic mass is 10.00. The highest BCUT2D eigenvalue weighted by Crippen LogP contribution is 2.13. The molecule has 0 aliphatic carbocycles. The third kappa shape index (κ3) is 9.40. The highest BCUT2D eigenvalue weighted by atomic mass is 16.4. The lowest BCUT2D eigenvalue weighted by Gasteiger charge is -2.07. The Balaban J connectivity index is 2.19. The largest absolute Gasteiger partial charge is 0.480 e. The molecule has 0 amide bonds. The maximum absolute atomic E-state index is 12.2. The number of carboxylic acid groups (broad SMARTS) is 1. The van der Waals surface area contributed by atoms with E-state index in [-0.39, 0.29) is 12.2 Å². The third-order valence-electron chi connectivity index (χ3n) is 4.56. The molecule has 1 atom stereocenters. The summed E-state index contributed by atoms with van der Waals surface area (Å²) in [6.07, 6.45) is 12.0. The highest BCUT2D eigenvalue weighted by Gasteiger charge is 2.12. The van der Waals surface area contributed by atoms with Gasteiger partial charge in [-0.15, -0.1) is 0 Å². The van der Waals surface area contributed by atoms with Crippen molar-refractivity contribution in [2.75, 3.05) is 0 Å². The molecule has 0 aromatic heterocycles. The molecule has 1 rings (SSSR count). The van der Waals surface area contributed by atoms with Crippen molar-refractivity contribution in [3.8, 4) is 0 Å². The Hall–Kier alpha value is -1.68. The SMILES string of the molecule is CCCCCCCCCCCC(=O)c1ccc(C[C@H](N)C(=O)O)cc1. The van der Waals surface area contributed by atoms with Crippen molar-refractivity contribution in [2.24, 2.45) is 5.73 Å². The summed E-state index contributed by atoms with van der Waals surface area (Å²) >= 11 is 0. The number of unbranched alkanes of at least 4 members (excludes halogenated alkanes) is 8. The number of aliphatic carboxylic acids is 1. The van der Waals surface area contributed by atoms with E-state index in [1.54, 1.807) is 24.3 Å². The van der Waals surface area contributed by atoms with E-state index in [1.807, 2.05) is 0 Å². The molecule has 140 valence electrons. The Morgan fingerprint density at radius 1 is 0.920 bits per heavy atom. The van der Waals surface area contributed by atoms with Gasteiger partial charge in [0.1, 0.15) is 6.04 Å².